The lowest BCUT2D eigenvalue weighted by atomic mass is 9.69. The summed E-state index contributed by atoms with van der Waals surface area (Å²) in [6.07, 6.45) is -5.91. The third-order valence-corrected chi connectivity index (χ3v) is 17.9. The predicted molar refractivity (Wildman–Crippen MR) is 234 cm³/mol. The number of benzene rings is 4. The minimum Gasteiger partial charge on any atom is -0.507 e. The molecule has 7 rings (SSSR count). The Morgan fingerprint density at radius 3 is 1.87 bits per heavy atom. The van der Waals surface area contributed by atoms with E-state index in [0.29, 0.717) is 29.9 Å². The van der Waals surface area contributed by atoms with Gasteiger partial charge in [-0.2, -0.15) is 26.3 Å². The van der Waals surface area contributed by atoms with Gasteiger partial charge in [0.1, 0.15) is 5.75 Å². The first-order chi connectivity index (χ1) is 29.7. The summed E-state index contributed by atoms with van der Waals surface area (Å²) in [5, 5.41) is 12.0. The molecule has 6 nitrogen and oxygen atoms in total. The van der Waals surface area contributed by atoms with Gasteiger partial charge < -0.3 is 14.3 Å². The number of hydrogen-bond donors (Lipinski definition) is 1. The molecular weight excluding hydrogens is 837 g/mol. The first-order valence-corrected chi connectivity index (χ1v) is 23.3. The number of aromatic hydroxyl groups is 1. The van der Waals surface area contributed by atoms with Crippen LogP contribution in [0.1, 0.15) is 87.6 Å². The highest BCUT2D eigenvalue weighted by Crippen LogP contribution is 2.52. The van der Waals surface area contributed by atoms with Gasteiger partial charge in [0.25, 0.3) is 8.32 Å². The molecule has 4 aromatic rings. The molecule has 2 amide bonds. The molecule has 0 spiro atoms. The van der Waals surface area contributed by atoms with Gasteiger partial charge in [-0.25, -0.2) is 4.90 Å². The van der Waals surface area contributed by atoms with Gasteiger partial charge >= 0.3 is 12.4 Å². The summed E-state index contributed by atoms with van der Waals surface area (Å²) in [4.78, 5) is 29.5. The van der Waals surface area contributed by atoms with Crippen molar-refractivity contribution in [1.29, 1.82) is 0 Å². The summed E-state index contributed by atoms with van der Waals surface area (Å²) in [5.74, 6) is -4.24. The lowest BCUT2D eigenvalue weighted by molar-refractivity contribution is -0.143. The Kier molecular flexibility index (Phi) is 12.8. The van der Waals surface area contributed by atoms with E-state index in [1.54, 1.807) is 0 Å². The largest absolute Gasteiger partial charge is 0.507 e. The second-order valence-electron chi connectivity index (χ2n) is 18.1. The third-order valence-electron chi connectivity index (χ3n) is 12.9. The van der Waals surface area contributed by atoms with E-state index in [4.69, 9.17) is 9.16 Å². The molecule has 13 heteroatoms. The zero-order valence-corrected chi connectivity index (χ0v) is 37.3. The van der Waals surface area contributed by atoms with Crippen LogP contribution in [0.5, 0.6) is 5.75 Å². The summed E-state index contributed by atoms with van der Waals surface area (Å²) in [6.45, 7) is 12.3. The van der Waals surface area contributed by atoms with Gasteiger partial charge in [-0.1, -0.05) is 106 Å². The minimum atomic E-state index is -5.17. The molecule has 3 aliphatic rings. The highest BCUT2D eigenvalue weighted by Gasteiger charge is 2.58. The quantitative estimate of drug-likeness (QED) is 0.0664. The fourth-order valence-electron chi connectivity index (χ4n) is 10.1. The number of rotatable bonds is 12. The Balaban J connectivity index is 1.31. The van der Waals surface area contributed by atoms with E-state index in [1.807, 2.05) is 62.4 Å². The van der Waals surface area contributed by atoms with Crippen LogP contribution in [-0.4, -0.2) is 44.6 Å². The number of ether oxygens (including phenoxy) is 1. The summed E-state index contributed by atoms with van der Waals surface area (Å²) < 4.78 is 98.2. The molecule has 1 aliphatic carbocycles. The highest BCUT2D eigenvalue weighted by atomic mass is 28.4. The molecule has 4 aromatic carbocycles. The molecule has 0 radical (unpaired) electrons. The first-order valence-electron chi connectivity index (χ1n) is 21.4. The number of amides is 2. The van der Waals surface area contributed by atoms with Crippen LogP contribution in [0.25, 0.3) is 6.08 Å². The van der Waals surface area contributed by atoms with Crippen molar-refractivity contribution in [1.82, 2.24) is 0 Å². The number of phenols is 1. The standard InChI is InChI=1S/C50H53F6NO5Si/c1-7-14-32(23-33-21-30(2)45(58)31(3)22-33)19-20-42-43-34(28-62-63(48(4,5)6,38-15-10-8-11-16-38)39-17-12-9-13-18-39)24-40-44(41(43)29-61-42)47(60)57(46(40)59)37-26-35(49(51,52)53)25-36(27-37)50(54,55)56/h8-13,15-18,21-23,25-27,40-42,44,58H,7,14,19-20,24,28-29H2,1-6H3/b32-23+/t40-,41+,42-,44-/m1/s1. The maximum Gasteiger partial charge on any atom is 0.416 e. The lowest BCUT2D eigenvalue weighted by Crippen LogP contribution is -2.66. The monoisotopic (exact) mass is 889 g/mol. The third kappa shape index (κ3) is 8.93. The number of imide groups is 1. The van der Waals surface area contributed by atoms with Crippen molar-refractivity contribution in [3.05, 3.63) is 136 Å². The number of fused-ring (bicyclic) bond motifs is 3. The van der Waals surface area contributed by atoms with Gasteiger partial charge in [0.05, 0.1) is 48.0 Å². The van der Waals surface area contributed by atoms with Crippen LogP contribution in [0.4, 0.5) is 32.0 Å². The Morgan fingerprint density at radius 1 is 0.810 bits per heavy atom. The number of nitrogens with zero attached hydrogens (tertiary/aromatic N) is 1. The average Bonchev–Trinajstić information content (AvgIpc) is 3.76. The molecule has 1 N–H and O–H groups in total. The van der Waals surface area contributed by atoms with Gasteiger partial charge in [0.15, 0.2) is 0 Å². The molecule has 2 heterocycles. The zero-order chi connectivity index (χ0) is 45.6. The number of halogens is 6. The number of alkyl halides is 6. The SMILES string of the molecule is CCC/C(=C\c1cc(C)c(O)c(C)c1)CC[C@H]1OC[C@H]2C1=C(CO[Si](c1ccccc1)(c1ccccc1)C(C)(C)C)C[C@H]1C(=O)N(c3cc(C(F)(F)F)cc(C(F)(F)F)c3)C(=O)[C@H]12. The fraction of sp³-hybridized carbons (Fsp3) is 0.400. The molecule has 2 fully saturated rings. The topological polar surface area (TPSA) is 76.1 Å². The Bertz CT molecular complexity index is 2330. The number of carbonyl (C=O) groups excluding carboxylic acids is 2. The van der Waals surface area contributed by atoms with E-state index in [1.165, 1.54) is 0 Å². The summed E-state index contributed by atoms with van der Waals surface area (Å²) in [5.41, 5.74) is 1.20. The second kappa shape index (κ2) is 17.5. The maximum absolute atomic E-state index is 14.5. The van der Waals surface area contributed by atoms with E-state index in [9.17, 15) is 41.0 Å². The van der Waals surface area contributed by atoms with Crippen molar-refractivity contribution in [2.24, 2.45) is 17.8 Å². The number of allylic oxidation sites excluding steroid dienone is 1. The fourth-order valence-corrected chi connectivity index (χ4v) is 14.6. The number of hydrogen-bond acceptors (Lipinski definition) is 5. The smallest absolute Gasteiger partial charge is 0.416 e. The average molecular weight is 890 g/mol. The summed E-state index contributed by atoms with van der Waals surface area (Å²) in [7, 11) is -3.16. The number of carbonyl (C=O) groups is 2. The molecule has 2 aliphatic heterocycles. The van der Waals surface area contributed by atoms with Gasteiger partial charge in [-0.15, -0.1) is 0 Å². The Labute approximate surface area is 365 Å². The number of aryl methyl sites for hydroxylation is 2. The first kappa shape index (κ1) is 46.0. The van der Waals surface area contributed by atoms with Gasteiger partial charge in [-0.05, 0) is 113 Å². The summed E-state index contributed by atoms with van der Waals surface area (Å²) in [6, 6.07) is 24.7. The Morgan fingerprint density at radius 2 is 1.37 bits per heavy atom. The molecule has 4 atom stereocenters. The van der Waals surface area contributed by atoms with Crippen molar-refractivity contribution in [3.63, 3.8) is 0 Å². The lowest BCUT2D eigenvalue weighted by Gasteiger charge is -2.44. The molecule has 0 saturated carbocycles. The molecule has 0 aromatic heterocycles. The van der Waals surface area contributed by atoms with Gasteiger partial charge in [0, 0.05) is 5.92 Å². The minimum absolute atomic E-state index is 0.0117. The van der Waals surface area contributed by atoms with E-state index in [-0.39, 0.29) is 31.5 Å². The molecule has 334 valence electrons. The van der Waals surface area contributed by atoms with Crippen molar-refractivity contribution < 1.29 is 50.2 Å². The number of anilines is 1. The highest BCUT2D eigenvalue weighted by molar-refractivity contribution is 6.99. The van der Waals surface area contributed by atoms with Crippen LogP contribution < -0.4 is 15.3 Å². The molecule has 0 bridgehead atoms. The van der Waals surface area contributed by atoms with E-state index in [0.717, 1.165) is 56.6 Å². The van der Waals surface area contributed by atoms with Crippen LogP contribution in [0.15, 0.2) is 108 Å². The molecule has 2 saturated heterocycles. The van der Waals surface area contributed by atoms with Crippen LogP contribution in [0, 0.1) is 31.6 Å². The molecule has 63 heavy (non-hydrogen) atoms. The Hall–Kier alpha value is -4.98. The second-order valence-corrected chi connectivity index (χ2v) is 22.5. The van der Waals surface area contributed by atoms with E-state index in [2.05, 4.69) is 58.0 Å². The molecule has 0 unspecified atom stereocenters. The normalized spacial score (nSPS) is 21.0. The zero-order valence-electron chi connectivity index (χ0n) is 36.3. The van der Waals surface area contributed by atoms with E-state index >= 15 is 0 Å². The van der Waals surface area contributed by atoms with Crippen LogP contribution >= 0.6 is 0 Å². The van der Waals surface area contributed by atoms with Gasteiger partial charge in [-0.3, -0.25) is 9.59 Å². The van der Waals surface area contributed by atoms with Crippen molar-refractivity contribution in [2.75, 3.05) is 18.1 Å². The van der Waals surface area contributed by atoms with Gasteiger partial charge in [0.2, 0.25) is 11.8 Å². The van der Waals surface area contributed by atoms with Crippen LogP contribution in [-0.2, 0) is 31.1 Å². The number of phenolic OH excluding ortho intramolecular Hbond substituents is 1. The van der Waals surface area contributed by atoms with Crippen molar-refractivity contribution >= 4 is 42.3 Å². The molecular formula is C50H53F6NO5Si. The predicted octanol–water partition coefficient (Wildman–Crippen LogP) is 11.1. The van der Waals surface area contributed by atoms with Crippen LogP contribution in [0.3, 0.4) is 0 Å². The maximum atomic E-state index is 14.5. The summed E-state index contributed by atoms with van der Waals surface area (Å²) >= 11 is 0. The van der Waals surface area contributed by atoms with E-state index < -0.39 is 78.2 Å². The van der Waals surface area contributed by atoms with Crippen LogP contribution in [0.2, 0.25) is 5.04 Å². The van der Waals surface area contributed by atoms with Crippen molar-refractivity contribution in [3.8, 4) is 5.75 Å². The van der Waals surface area contributed by atoms with Crippen molar-refractivity contribution in [2.45, 2.75) is 97.1 Å².